The highest BCUT2D eigenvalue weighted by molar-refractivity contribution is 7.47. The first-order chi connectivity index (χ1) is 49.5. The molecule has 0 aliphatic heterocycles. The lowest BCUT2D eigenvalue weighted by Crippen LogP contribution is -2.30. The molecule has 5 atom stereocenters. The van der Waals surface area contributed by atoms with Gasteiger partial charge in [-0.2, -0.15) is 0 Å². The maximum atomic E-state index is 13.1. The van der Waals surface area contributed by atoms with Crippen molar-refractivity contribution < 1.29 is 80.2 Å². The Bertz CT molecular complexity index is 2040. The zero-order chi connectivity index (χ0) is 74.8. The molecule has 2 unspecified atom stereocenters. The molecule has 0 aromatic rings. The second kappa shape index (κ2) is 75.4. The fourth-order valence-corrected chi connectivity index (χ4v) is 14.0. The fraction of sp³-hybridized carbons (Fsp3) is 0.904. The van der Waals surface area contributed by atoms with Crippen molar-refractivity contribution in [2.45, 2.75) is 438 Å². The zero-order valence-corrected chi connectivity index (χ0v) is 68.0. The first-order valence-electron chi connectivity index (χ1n) is 42.5. The molecule has 17 nitrogen and oxygen atoms in total. The number of allylic oxidation sites excluding steroid dienone is 4. The van der Waals surface area contributed by atoms with Crippen LogP contribution in [0.4, 0.5) is 0 Å². The number of aliphatic hydroxyl groups excluding tert-OH is 1. The molecule has 0 saturated heterocycles. The van der Waals surface area contributed by atoms with Crippen molar-refractivity contribution >= 4 is 39.5 Å². The van der Waals surface area contributed by atoms with Gasteiger partial charge in [0, 0.05) is 25.7 Å². The van der Waals surface area contributed by atoms with Gasteiger partial charge in [0.25, 0.3) is 0 Å². The molecule has 0 heterocycles. The Kier molecular flexibility index (Phi) is 73.5. The predicted octanol–water partition coefficient (Wildman–Crippen LogP) is 24.8. The largest absolute Gasteiger partial charge is 0.472 e. The van der Waals surface area contributed by atoms with Crippen LogP contribution in [0.25, 0.3) is 0 Å². The van der Waals surface area contributed by atoms with Gasteiger partial charge < -0.3 is 33.8 Å². The molecular formula is C83H158O17P2. The van der Waals surface area contributed by atoms with E-state index in [-0.39, 0.29) is 25.7 Å². The van der Waals surface area contributed by atoms with Crippen LogP contribution in [0.1, 0.15) is 420 Å². The molecule has 0 radical (unpaired) electrons. The standard InChI is InChI=1S/C83H158O17P2/c1-6-9-12-15-18-21-24-27-29-30-31-32-34-37-43-48-53-58-63-68-82(87)99-78(73-94-81(86)67-62-57-52-47-42-36-33-28-25-22-19-16-13-10-7-2)74-97-101(89,90)95-70-77(84)71-96-102(91,92)98-75-79(72-93-80(85)66-61-56-51-46-41-35-26-23-20-17-14-11-8-3)100-83(88)69-64-59-54-49-44-39-38-40-45-50-55-60-65-76(4)5/h22,25,28,33,76-79,84H,6-21,23-24,26-27,29-32,34-75H2,1-5H3,(H,89,90)(H,91,92)/b25-22-,33-28-/t77-,78-,79-/m1/s1. The molecule has 0 fully saturated rings. The molecule has 0 amide bonds. The summed E-state index contributed by atoms with van der Waals surface area (Å²) in [4.78, 5) is 73.1. The number of phosphoric acid groups is 2. The summed E-state index contributed by atoms with van der Waals surface area (Å²) in [7, 11) is -9.93. The molecule has 0 spiro atoms. The second-order valence-corrected chi connectivity index (χ2v) is 32.6. The van der Waals surface area contributed by atoms with Gasteiger partial charge in [0.2, 0.25) is 0 Å². The Balaban J connectivity index is 5.29. The first kappa shape index (κ1) is 99.5. The third-order valence-electron chi connectivity index (χ3n) is 18.9. The van der Waals surface area contributed by atoms with Gasteiger partial charge in [-0.15, -0.1) is 0 Å². The fourth-order valence-electron chi connectivity index (χ4n) is 12.4. The van der Waals surface area contributed by atoms with E-state index < -0.39 is 97.5 Å². The van der Waals surface area contributed by atoms with Crippen LogP contribution in [0.2, 0.25) is 0 Å². The van der Waals surface area contributed by atoms with E-state index in [0.29, 0.717) is 25.7 Å². The normalized spacial score (nSPS) is 14.0. The summed E-state index contributed by atoms with van der Waals surface area (Å²) in [6, 6.07) is 0. The van der Waals surface area contributed by atoms with Crippen LogP contribution in [0, 0.1) is 5.92 Å². The van der Waals surface area contributed by atoms with Crippen LogP contribution < -0.4 is 0 Å². The van der Waals surface area contributed by atoms with Crippen LogP contribution >= 0.6 is 15.6 Å². The number of carbonyl (C=O) groups excluding carboxylic acids is 4. The number of hydrogen-bond donors (Lipinski definition) is 3. The number of ether oxygens (including phenoxy) is 4. The molecule has 602 valence electrons. The summed E-state index contributed by atoms with van der Waals surface area (Å²) in [5, 5.41) is 10.7. The number of carbonyl (C=O) groups is 4. The Labute approximate surface area is 624 Å². The Morgan fingerprint density at radius 3 is 0.804 bits per heavy atom. The Morgan fingerprint density at radius 2 is 0.529 bits per heavy atom. The summed E-state index contributed by atoms with van der Waals surface area (Å²) in [5.41, 5.74) is 0. The van der Waals surface area contributed by atoms with Crippen LogP contribution in [0.15, 0.2) is 24.3 Å². The lowest BCUT2D eigenvalue weighted by molar-refractivity contribution is -0.161. The molecule has 0 bridgehead atoms. The van der Waals surface area contributed by atoms with E-state index in [2.05, 4.69) is 58.9 Å². The second-order valence-electron chi connectivity index (χ2n) is 29.7. The lowest BCUT2D eigenvalue weighted by Gasteiger charge is -2.21. The highest BCUT2D eigenvalue weighted by atomic mass is 31.2. The van der Waals surface area contributed by atoms with E-state index in [1.807, 2.05) is 0 Å². The highest BCUT2D eigenvalue weighted by Gasteiger charge is 2.30. The van der Waals surface area contributed by atoms with Crippen molar-refractivity contribution in [2.75, 3.05) is 39.6 Å². The first-order valence-corrected chi connectivity index (χ1v) is 45.4. The number of esters is 4. The van der Waals surface area contributed by atoms with E-state index in [1.54, 1.807) is 0 Å². The average molecular weight is 1490 g/mol. The lowest BCUT2D eigenvalue weighted by atomic mass is 10.0. The number of phosphoric ester groups is 2. The van der Waals surface area contributed by atoms with E-state index in [1.165, 1.54) is 225 Å². The van der Waals surface area contributed by atoms with Crippen molar-refractivity contribution in [3.8, 4) is 0 Å². The molecule has 0 aromatic carbocycles. The van der Waals surface area contributed by atoms with Crippen molar-refractivity contribution in [3.63, 3.8) is 0 Å². The SMILES string of the molecule is CCCCCC/C=C\C=C/CCCCCCCC(=O)OC[C@H](COP(=O)(O)OC[C@@H](O)COP(=O)(O)OC[C@@H](COC(=O)CCCCCCCCCCCCCCC)OC(=O)CCCCCCCCCCCCCCC(C)C)OC(=O)CCCCCCCCCCCCCCCCCCCCC. The van der Waals surface area contributed by atoms with E-state index in [4.69, 9.17) is 37.0 Å². The van der Waals surface area contributed by atoms with E-state index in [9.17, 15) is 43.2 Å². The highest BCUT2D eigenvalue weighted by Crippen LogP contribution is 2.45. The summed E-state index contributed by atoms with van der Waals surface area (Å²) >= 11 is 0. The maximum absolute atomic E-state index is 13.1. The van der Waals surface area contributed by atoms with Crippen LogP contribution in [-0.4, -0.2) is 96.7 Å². The molecule has 0 aliphatic carbocycles. The van der Waals surface area contributed by atoms with Crippen LogP contribution in [0.3, 0.4) is 0 Å². The Morgan fingerprint density at radius 1 is 0.304 bits per heavy atom. The summed E-state index contributed by atoms with van der Waals surface area (Å²) in [6.45, 7) is 7.29. The van der Waals surface area contributed by atoms with Crippen molar-refractivity contribution in [3.05, 3.63) is 24.3 Å². The van der Waals surface area contributed by atoms with E-state index in [0.717, 1.165) is 115 Å². The molecule has 0 aromatic heterocycles. The maximum Gasteiger partial charge on any atom is 0.472 e. The van der Waals surface area contributed by atoms with Gasteiger partial charge in [-0.05, 0) is 57.3 Å². The van der Waals surface area contributed by atoms with Gasteiger partial charge in [-0.3, -0.25) is 37.3 Å². The van der Waals surface area contributed by atoms with Crippen LogP contribution in [-0.2, 0) is 65.4 Å². The summed E-state index contributed by atoms with van der Waals surface area (Å²) in [6.07, 6.45) is 70.1. The third kappa shape index (κ3) is 75.8. The van der Waals surface area contributed by atoms with Gasteiger partial charge in [-0.1, -0.05) is 367 Å². The predicted molar refractivity (Wildman–Crippen MR) is 418 cm³/mol. The third-order valence-corrected chi connectivity index (χ3v) is 20.8. The molecule has 0 aliphatic rings. The molecule has 19 heteroatoms. The molecule has 0 saturated carbocycles. The minimum Gasteiger partial charge on any atom is -0.462 e. The van der Waals surface area contributed by atoms with Gasteiger partial charge >= 0.3 is 39.5 Å². The van der Waals surface area contributed by atoms with E-state index >= 15 is 0 Å². The zero-order valence-electron chi connectivity index (χ0n) is 66.2. The number of hydrogen-bond acceptors (Lipinski definition) is 15. The van der Waals surface area contributed by atoms with Crippen molar-refractivity contribution in [1.29, 1.82) is 0 Å². The monoisotopic (exact) mass is 1490 g/mol. The summed E-state index contributed by atoms with van der Waals surface area (Å²) in [5.74, 6) is -1.36. The molecule has 3 N–H and O–H groups in total. The molecule has 0 rings (SSSR count). The minimum atomic E-state index is -4.97. The topological polar surface area (TPSA) is 237 Å². The molecular weight excluding hydrogens is 1330 g/mol. The quantitative estimate of drug-likeness (QED) is 0.0169. The number of unbranched alkanes of at least 4 members (excludes halogenated alkanes) is 50. The summed E-state index contributed by atoms with van der Waals surface area (Å²) < 4.78 is 68.8. The van der Waals surface area contributed by atoms with Gasteiger partial charge in [-0.25, -0.2) is 9.13 Å². The molecule has 102 heavy (non-hydrogen) atoms. The van der Waals surface area contributed by atoms with Crippen LogP contribution in [0.5, 0.6) is 0 Å². The van der Waals surface area contributed by atoms with Gasteiger partial charge in [0.1, 0.15) is 19.3 Å². The van der Waals surface area contributed by atoms with Crippen molar-refractivity contribution in [1.82, 2.24) is 0 Å². The van der Waals surface area contributed by atoms with Gasteiger partial charge in [0.15, 0.2) is 12.2 Å². The number of aliphatic hydroxyl groups is 1. The average Bonchev–Trinajstić information content (AvgIpc) is 0.908. The van der Waals surface area contributed by atoms with Crippen molar-refractivity contribution in [2.24, 2.45) is 5.92 Å². The minimum absolute atomic E-state index is 0.102. The Hall–Kier alpha value is -2.46. The smallest absolute Gasteiger partial charge is 0.462 e. The van der Waals surface area contributed by atoms with Gasteiger partial charge in [0.05, 0.1) is 26.4 Å². The number of rotatable bonds is 81.